The zero-order valence-corrected chi connectivity index (χ0v) is 14.7. The van der Waals surface area contributed by atoms with Crippen molar-refractivity contribution in [3.8, 4) is 5.75 Å². The molecule has 1 atom stereocenters. The number of aryl methyl sites for hydroxylation is 2. The summed E-state index contributed by atoms with van der Waals surface area (Å²) in [6, 6.07) is 7.93. The summed E-state index contributed by atoms with van der Waals surface area (Å²) in [6.45, 7) is 5.92. The Balaban J connectivity index is 1.41. The van der Waals surface area contributed by atoms with Crippen molar-refractivity contribution in [1.82, 2.24) is 20.4 Å². The monoisotopic (exact) mass is 344 g/mol. The highest BCUT2D eigenvalue weighted by Crippen LogP contribution is 2.29. The zero-order chi connectivity index (χ0) is 17.6. The molecule has 134 valence electrons. The molecule has 1 fully saturated rings. The molecule has 3 rings (SSSR count). The van der Waals surface area contributed by atoms with E-state index in [1.165, 1.54) is 0 Å². The average molecular weight is 344 g/mol. The van der Waals surface area contributed by atoms with Gasteiger partial charge in [-0.1, -0.05) is 17.3 Å². The van der Waals surface area contributed by atoms with Crippen molar-refractivity contribution >= 4 is 5.91 Å². The van der Waals surface area contributed by atoms with Gasteiger partial charge in [-0.25, -0.2) is 0 Å². The quantitative estimate of drug-likeness (QED) is 0.774. The molecule has 2 heterocycles. The SMILES string of the molecule is Cc1cccc(OCCNC(=O)CN2CCCC2c2noc(C)n2)c1. The van der Waals surface area contributed by atoms with Crippen LogP contribution in [0.15, 0.2) is 28.8 Å². The van der Waals surface area contributed by atoms with Crippen LogP contribution < -0.4 is 10.1 Å². The number of nitrogens with one attached hydrogen (secondary N) is 1. The molecule has 1 aliphatic rings. The predicted octanol–water partition coefficient (Wildman–Crippen LogP) is 2.02. The Hall–Kier alpha value is -2.41. The van der Waals surface area contributed by atoms with E-state index < -0.39 is 0 Å². The van der Waals surface area contributed by atoms with Gasteiger partial charge in [0.2, 0.25) is 11.8 Å². The molecule has 0 aliphatic carbocycles. The maximum absolute atomic E-state index is 12.2. The van der Waals surface area contributed by atoms with Gasteiger partial charge in [-0.2, -0.15) is 4.98 Å². The first-order valence-electron chi connectivity index (χ1n) is 8.62. The highest BCUT2D eigenvalue weighted by atomic mass is 16.5. The lowest BCUT2D eigenvalue weighted by atomic mass is 10.2. The number of likely N-dealkylation sites (tertiary alicyclic amines) is 1. The molecule has 1 amide bonds. The Morgan fingerprint density at radius 1 is 1.44 bits per heavy atom. The second-order valence-electron chi connectivity index (χ2n) is 6.32. The van der Waals surface area contributed by atoms with E-state index in [1.807, 2.05) is 31.2 Å². The van der Waals surface area contributed by atoms with Crippen LogP contribution in [-0.4, -0.2) is 47.2 Å². The van der Waals surface area contributed by atoms with Crippen molar-refractivity contribution in [3.63, 3.8) is 0 Å². The van der Waals surface area contributed by atoms with E-state index in [0.29, 0.717) is 31.4 Å². The Labute approximate surface area is 147 Å². The van der Waals surface area contributed by atoms with Crippen LogP contribution in [0.25, 0.3) is 0 Å². The first-order chi connectivity index (χ1) is 12.1. The van der Waals surface area contributed by atoms with Crippen LogP contribution in [0.4, 0.5) is 0 Å². The predicted molar refractivity (Wildman–Crippen MR) is 92.3 cm³/mol. The van der Waals surface area contributed by atoms with E-state index >= 15 is 0 Å². The Morgan fingerprint density at radius 2 is 2.32 bits per heavy atom. The molecule has 0 spiro atoms. The molecule has 1 saturated heterocycles. The summed E-state index contributed by atoms with van der Waals surface area (Å²) in [5.74, 6) is 2.03. The summed E-state index contributed by atoms with van der Waals surface area (Å²) in [7, 11) is 0. The molecular formula is C18H24N4O3. The lowest BCUT2D eigenvalue weighted by Crippen LogP contribution is -2.38. The summed E-state index contributed by atoms with van der Waals surface area (Å²) in [4.78, 5) is 18.6. The Morgan fingerprint density at radius 3 is 3.08 bits per heavy atom. The third-order valence-corrected chi connectivity index (χ3v) is 4.23. The highest BCUT2D eigenvalue weighted by molar-refractivity contribution is 5.78. The third kappa shape index (κ3) is 4.79. The summed E-state index contributed by atoms with van der Waals surface area (Å²) in [6.07, 6.45) is 1.98. The Bertz CT molecular complexity index is 716. The molecule has 0 radical (unpaired) electrons. The fourth-order valence-electron chi connectivity index (χ4n) is 3.06. The molecule has 7 heteroatoms. The number of amides is 1. The van der Waals surface area contributed by atoms with Crippen molar-refractivity contribution in [2.75, 3.05) is 26.2 Å². The van der Waals surface area contributed by atoms with Crippen molar-refractivity contribution in [2.45, 2.75) is 32.7 Å². The van der Waals surface area contributed by atoms with E-state index in [0.717, 1.165) is 30.7 Å². The number of rotatable bonds is 7. The first kappa shape index (κ1) is 17.4. The zero-order valence-electron chi connectivity index (χ0n) is 14.7. The summed E-state index contributed by atoms with van der Waals surface area (Å²) >= 11 is 0. The van der Waals surface area contributed by atoms with Gasteiger partial charge in [-0.05, 0) is 44.0 Å². The maximum Gasteiger partial charge on any atom is 0.234 e. The van der Waals surface area contributed by atoms with E-state index in [4.69, 9.17) is 9.26 Å². The molecule has 1 unspecified atom stereocenters. The van der Waals surface area contributed by atoms with Gasteiger partial charge in [0.15, 0.2) is 5.82 Å². The van der Waals surface area contributed by atoms with Crippen LogP contribution in [-0.2, 0) is 4.79 Å². The second kappa shape index (κ2) is 8.11. The van der Waals surface area contributed by atoms with Gasteiger partial charge in [0.25, 0.3) is 0 Å². The molecule has 25 heavy (non-hydrogen) atoms. The van der Waals surface area contributed by atoms with Gasteiger partial charge in [-0.15, -0.1) is 0 Å². The molecule has 1 aliphatic heterocycles. The number of carbonyl (C=O) groups is 1. The molecule has 7 nitrogen and oxygen atoms in total. The number of ether oxygens (including phenoxy) is 1. The topological polar surface area (TPSA) is 80.5 Å². The number of hydrogen-bond donors (Lipinski definition) is 1. The number of hydrogen-bond acceptors (Lipinski definition) is 6. The fraction of sp³-hybridized carbons (Fsp3) is 0.500. The normalized spacial score (nSPS) is 17.6. The van der Waals surface area contributed by atoms with Crippen LogP contribution in [0.5, 0.6) is 5.75 Å². The van der Waals surface area contributed by atoms with Gasteiger partial charge in [0.1, 0.15) is 12.4 Å². The van der Waals surface area contributed by atoms with E-state index in [1.54, 1.807) is 6.92 Å². The molecule has 2 aromatic rings. The minimum absolute atomic E-state index is 0.0139. The van der Waals surface area contributed by atoms with Gasteiger partial charge in [-0.3, -0.25) is 9.69 Å². The lowest BCUT2D eigenvalue weighted by Gasteiger charge is -2.21. The van der Waals surface area contributed by atoms with Crippen molar-refractivity contribution in [2.24, 2.45) is 0 Å². The molecule has 0 saturated carbocycles. The lowest BCUT2D eigenvalue weighted by molar-refractivity contribution is -0.122. The summed E-state index contributed by atoms with van der Waals surface area (Å²) < 4.78 is 10.7. The average Bonchev–Trinajstić information content (AvgIpc) is 3.20. The van der Waals surface area contributed by atoms with Gasteiger partial charge < -0.3 is 14.6 Å². The van der Waals surface area contributed by atoms with Crippen LogP contribution in [0.2, 0.25) is 0 Å². The number of aromatic nitrogens is 2. The molecule has 1 N–H and O–H groups in total. The van der Waals surface area contributed by atoms with Gasteiger partial charge in [0.05, 0.1) is 19.1 Å². The Kier molecular flexibility index (Phi) is 5.65. The number of benzene rings is 1. The molecule has 1 aromatic carbocycles. The van der Waals surface area contributed by atoms with Crippen LogP contribution in [0.1, 0.15) is 36.2 Å². The van der Waals surface area contributed by atoms with E-state index in [-0.39, 0.29) is 11.9 Å². The van der Waals surface area contributed by atoms with Crippen molar-refractivity contribution < 1.29 is 14.1 Å². The van der Waals surface area contributed by atoms with E-state index in [9.17, 15) is 4.79 Å². The maximum atomic E-state index is 12.2. The molecular weight excluding hydrogens is 320 g/mol. The smallest absolute Gasteiger partial charge is 0.234 e. The van der Waals surface area contributed by atoms with Crippen LogP contribution in [0, 0.1) is 13.8 Å². The standard InChI is InChI=1S/C18H24N4O3/c1-13-5-3-6-15(11-13)24-10-8-19-17(23)12-22-9-4-7-16(22)18-20-14(2)25-21-18/h3,5-6,11,16H,4,7-10,12H2,1-2H3,(H,19,23). The first-order valence-corrected chi connectivity index (χ1v) is 8.62. The largest absolute Gasteiger partial charge is 0.492 e. The fourth-order valence-corrected chi connectivity index (χ4v) is 3.06. The molecule has 0 bridgehead atoms. The molecule has 1 aromatic heterocycles. The van der Waals surface area contributed by atoms with Gasteiger partial charge in [0, 0.05) is 6.92 Å². The van der Waals surface area contributed by atoms with E-state index in [2.05, 4.69) is 20.4 Å². The number of nitrogens with zero attached hydrogens (tertiary/aromatic N) is 3. The van der Waals surface area contributed by atoms with Gasteiger partial charge >= 0.3 is 0 Å². The highest BCUT2D eigenvalue weighted by Gasteiger charge is 2.30. The minimum atomic E-state index is -0.0139. The summed E-state index contributed by atoms with van der Waals surface area (Å²) in [5.41, 5.74) is 1.15. The minimum Gasteiger partial charge on any atom is -0.492 e. The van der Waals surface area contributed by atoms with Crippen LogP contribution >= 0.6 is 0 Å². The van der Waals surface area contributed by atoms with Crippen LogP contribution in [0.3, 0.4) is 0 Å². The third-order valence-electron chi connectivity index (χ3n) is 4.23. The van der Waals surface area contributed by atoms with Crippen molar-refractivity contribution in [3.05, 3.63) is 41.5 Å². The summed E-state index contributed by atoms with van der Waals surface area (Å²) in [5, 5.41) is 6.89. The second-order valence-corrected chi connectivity index (χ2v) is 6.32. The van der Waals surface area contributed by atoms with Crippen molar-refractivity contribution in [1.29, 1.82) is 0 Å². The number of carbonyl (C=O) groups excluding carboxylic acids is 1.